The molecule has 0 aliphatic heterocycles. The highest BCUT2D eigenvalue weighted by molar-refractivity contribution is 5.91. The van der Waals surface area contributed by atoms with Crippen LogP contribution in [0.3, 0.4) is 0 Å². The Kier molecular flexibility index (Phi) is 5.21. The Morgan fingerprint density at radius 1 is 0.933 bits per heavy atom. The molecule has 0 unspecified atom stereocenters. The minimum atomic E-state index is -0.614. The van der Waals surface area contributed by atoms with E-state index in [4.69, 9.17) is 0 Å². The molecule has 8 nitrogen and oxygen atoms in total. The second kappa shape index (κ2) is 8.12. The van der Waals surface area contributed by atoms with E-state index in [1.54, 1.807) is 6.07 Å². The minimum Gasteiger partial charge on any atom is -0.324 e. The summed E-state index contributed by atoms with van der Waals surface area (Å²) in [5, 5.41) is 2.80. The molecule has 2 aromatic heterocycles. The Hall–Kier alpha value is -4.07. The molecule has 150 valence electrons. The Bertz CT molecular complexity index is 1340. The molecule has 8 heteroatoms. The lowest BCUT2D eigenvalue weighted by atomic mass is 10.2. The number of hydrogen-bond donors (Lipinski definition) is 1. The Morgan fingerprint density at radius 3 is 2.40 bits per heavy atom. The van der Waals surface area contributed by atoms with Gasteiger partial charge in [-0.1, -0.05) is 48.5 Å². The van der Waals surface area contributed by atoms with Crippen molar-refractivity contribution in [1.29, 1.82) is 0 Å². The number of amides is 1. The van der Waals surface area contributed by atoms with Gasteiger partial charge in [0.05, 0.1) is 6.54 Å². The molecule has 0 spiro atoms. The van der Waals surface area contributed by atoms with Gasteiger partial charge in [0.1, 0.15) is 6.54 Å². The molecule has 0 atom stereocenters. The second-order valence-electron chi connectivity index (χ2n) is 6.84. The van der Waals surface area contributed by atoms with Gasteiger partial charge in [-0.2, -0.15) is 0 Å². The standard InChI is InChI=1S/C22H19N5O3/c1-15-7-5-6-10-17(15)25-18(28)14-26-20-19(23-11-12-24-20)21(29)27(22(26)30)13-16-8-3-2-4-9-16/h2-12H,13-14H2,1H3,(H,25,28). The number of aromatic nitrogens is 4. The molecule has 0 saturated heterocycles. The molecular formula is C22H19N5O3. The van der Waals surface area contributed by atoms with Crippen LogP contribution in [0.25, 0.3) is 11.2 Å². The van der Waals surface area contributed by atoms with E-state index in [9.17, 15) is 14.4 Å². The van der Waals surface area contributed by atoms with Gasteiger partial charge in [0.25, 0.3) is 5.56 Å². The predicted molar refractivity (Wildman–Crippen MR) is 113 cm³/mol. The number of benzene rings is 2. The number of nitrogens with one attached hydrogen (secondary N) is 1. The molecule has 1 amide bonds. The molecule has 2 aromatic carbocycles. The van der Waals surface area contributed by atoms with Gasteiger partial charge in [-0.3, -0.25) is 18.7 Å². The van der Waals surface area contributed by atoms with Gasteiger partial charge in [-0.05, 0) is 24.1 Å². The Labute approximate surface area is 171 Å². The van der Waals surface area contributed by atoms with Crippen molar-refractivity contribution in [1.82, 2.24) is 19.1 Å². The molecule has 1 N–H and O–H groups in total. The molecular weight excluding hydrogens is 382 g/mol. The number of rotatable bonds is 5. The van der Waals surface area contributed by atoms with Crippen LogP contribution in [-0.2, 0) is 17.9 Å². The molecule has 0 aliphatic carbocycles. The van der Waals surface area contributed by atoms with Crippen LogP contribution < -0.4 is 16.6 Å². The van der Waals surface area contributed by atoms with Crippen molar-refractivity contribution in [2.45, 2.75) is 20.0 Å². The normalized spacial score (nSPS) is 10.8. The highest BCUT2D eigenvalue weighted by Crippen LogP contribution is 2.13. The van der Waals surface area contributed by atoms with E-state index in [2.05, 4.69) is 15.3 Å². The topological polar surface area (TPSA) is 98.9 Å². The van der Waals surface area contributed by atoms with Crippen LogP contribution in [0.1, 0.15) is 11.1 Å². The zero-order valence-electron chi connectivity index (χ0n) is 16.3. The predicted octanol–water partition coefficient (Wildman–Crippen LogP) is 1.95. The minimum absolute atomic E-state index is 0.0386. The van der Waals surface area contributed by atoms with Gasteiger partial charge in [0.15, 0.2) is 11.2 Å². The summed E-state index contributed by atoms with van der Waals surface area (Å²) in [5.74, 6) is -0.400. The number of para-hydroxylation sites is 1. The van der Waals surface area contributed by atoms with Crippen molar-refractivity contribution in [2.24, 2.45) is 0 Å². The molecule has 0 fully saturated rings. The van der Waals surface area contributed by atoms with Crippen LogP contribution in [0.15, 0.2) is 76.6 Å². The van der Waals surface area contributed by atoms with Gasteiger partial charge in [0.2, 0.25) is 5.91 Å². The summed E-state index contributed by atoms with van der Waals surface area (Å²) in [4.78, 5) is 46.9. The summed E-state index contributed by atoms with van der Waals surface area (Å²) >= 11 is 0. The van der Waals surface area contributed by atoms with Gasteiger partial charge in [-0.15, -0.1) is 0 Å². The second-order valence-corrected chi connectivity index (χ2v) is 6.84. The van der Waals surface area contributed by atoms with Crippen molar-refractivity contribution >= 4 is 22.8 Å². The van der Waals surface area contributed by atoms with E-state index in [1.807, 2.05) is 55.5 Å². The third kappa shape index (κ3) is 3.75. The Balaban J connectivity index is 1.77. The van der Waals surface area contributed by atoms with Crippen molar-refractivity contribution < 1.29 is 4.79 Å². The fraction of sp³-hybridized carbons (Fsp3) is 0.136. The largest absolute Gasteiger partial charge is 0.333 e. The molecule has 0 bridgehead atoms. The van der Waals surface area contributed by atoms with Gasteiger partial charge < -0.3 is 5.32 Å². The lowest BCUT2D eigenvalue weighted by Gasteiger charge is -2.13. The van der Waals surface area contributed by atoms with Crippen LogP contribution in [0, 0.1) is 6.92 Å². The van der Waals surface area contributed by atoms with Crippen molar-refractivity contribution in [3.63, 3.8) is 0 Å². The van der Waals surface area contributed by atoms with Gasteiger partial charge in [0, 0.05) is 18.1 Å². The summed E-state index contributed by atoms with van der Waals surface area (Å²) in [6, 6.07) is 16.5. The molecule has 0 saturated carbocycles. The summed E-state index contributed by atoms with van der Waals surface area (Å²) < 4.78 is 2.26. The van der Waals surface area contributed by atoms with E-state index in [1.165, 1.54) is 17.0 Å². The molecule has 4 rings (SSSR count). The fourth-order valence-corrected chi connectivity index (χ4v) is 3.22. The number of fused-ring (bicyclic) bond motifs is 1. The first-order valence-electron chi connectivity index (χ1n) is 9.38. The van der Waals surface area contributed by atoms with Crippen LogP contribution >= 0.6 is 0 Å². The first kappa shape index (κ1) is 19.3. The van der Waals surface area contributed by atoms with Crippen molar-refractivity contribution in [2.75, 3.05) is 5.32 Å². The van der Waals surface area contributed by atoms with E-state index < -0.39 is 17.2 Å². The number of aryl methyl sites for hydroxylation is 1. The third-order valence-electron chi connectivity index (χ3n) is 4.75. The zero-order chi connectivity index (χ0) is 21.1. The first-order valence-corrected chi connectivity index (χ1v) is 9.38. The van der Waals surface area contributed by atoms with E-state index >= 15 is 0 Å². The summed E-state index contributed by atoms with van der Waals surface area (Å²) in [6.45, 7) is 1.66. The molecule has 2 heterocycles. The summed E-state index contributed by atoms with van der Waals surface area (Å²) in [6.07, 6.45) is 2.78. The average Bonchev–Trinajstić information content (AvgIpc) is 2.76. The number of carbonyl (C=O) groups excluding carboxylic acids is 1. The number of carbonyl (C=O) groups is 1. The SMILES string of the molecule is Cc1ccccc1NC(=O)Cn1c(=O)n(Cc2ccccc2)c(=O)c2nccnc21. The molecule has 0 radical (unpaired) electrons. The highest BCUT2D eigenvalue weighted by atomic mass is 16.2. The van der Waals surface area contributed by atoms with Crippen LogP contribution in [-0.4, -0.2) is 25.0 Å². The monoisotopic (exact) mass is 401 g/mol. The average molecular weight is 401 g/mol. The molecule has 4 aromatic rings. The summed E-state index contributed by atoms with van der Waals surface area (Å²) in [5.41, 5.74) is 1.31. The van der Waals surface area contributed by atoms with Crippen LogP contribution in [0.2, 0.25) is 0 Å². The fourth-order valence-electron chi connectivity index (χ4n) is 3.22. The maximum Gasteiger partial charge on any atom is 0.333 e. The number of nitrogens with zero attached hydrogens (tertiary/aromatic N) is 4. The maximum atomic E-state index is 13.1. The lowest BCUT2D eigenvalue weighted by molar-refractivity contribution is -0.116. The van der Waals surface area contributed by atoms with Crippen LogP contribution in [0.4, 0.5) is 5.69 Å². The molecule has 30 heavy (non-hydrogen) atoms. The van der Waals surface area contributed by atoms with Crippen LogP contribution in [0.5, 0.6) is 0 Å². The van der Waals surface area contributed by atoms with Crippen molar-refractivity contribution in [3.8, 4) is 0 Å². The van der Waals surface area contributed by atoms with Gasteiger partial charge in [-0.25, -0.2) is 14.8 Å². The van der Waals surface area contributed by atoms with Gasteiger partial charge >= 0.3 is 5.69 Å². The third-order valence-corrected chi connectivity index (χ3v) is 4.75. The first-order chi connectivity index (χ1) is 14.5. The maximum absolute atomic E-state index is 13.1. The smallest absolute Gasteiger partial charge is 0.324 e. The lowest BCUT2D eigenvalue weighted by Crippen LogP contribution is -2.42. The quantitative estimate of drug-likeness (QED) is 0.551. The van der Waals surface area contributed by atoms with E-state index in [-0.39, 0.29) is 24.3 Å². The molecule has 0 aliphatic rings. The number of anilines is 1. The van der Waals surface area contributed by atoms with E-state index in [0.717, 1.165) is 15.7 Å². The zero-order valence-corrected chi connectivity index (χ0v) is 16.3. The van der Waals surface area contributed by atoms with Crippen molar-refractivity contribution in [3.05, 3.63) is 99.0 Å². The number of hydrogen-bond acceptors (Lipinski definition) is 5. The Morgan fingerprint density at radius 2 is 1.63 bits per heavy atom. The van der Waals surface area contributed by atoms with E-state index in [0.29, 0.717) is 5.69 Å². The highest BCUT2D eigenvalue weighted by Gasteiger charge is 2.17. The summed E-state index contributed by atoms with van der Waals surface area (Å²) in [7, 11) is 0.